The van der Waals surface area contributed by atoms with Gasteiger partial charge in [-0.15, -0.1) is 0 Å². The van der Waals surface area contributed by atoms with Gasteiger partial charge in [0.1, 0.15) is 11.1 Å². The highest BCUT2D eigenvalue weighted by molar-refractivity contribution is 6.18. The first-order valence-electron chi connectivity index (χ1n) is 14.2. The molecule has 5 heteroatoms. The molecule has 0 radical (unpaired) electrons. The van der Waals surface area contributed by atoms with Crippen LogP contribution in [0.2, 0.25) is 0 Å². The Labute approximate surface area is 246 Å². The van der Waals surface area contributed by atoms with Crippen molar-refractivity contribution in [3.05, 3.63) is 134 Å². The molecule has 9 aromatic rings. The van der Waals surface area contributed by atoms with E-state index in [9.17, 15) is 0 Å². The highest BCUT2D eigenvalue weighted by Gasteiger charge is 2.20. The smallest absolute Gasteiger partial charge is 0.164 e. The fourth-order valence-corrected chi connectivity index (χ4v) is 6.18. The average Bonchev–Trinajstić information content (AvgIpc) is 3.48. The summed E-state index contributed by atoms with van der Waals surface area (Å²) in [5.41, 5.74) is 5.15. The summed E-state index contributed by atoms with van der Waals surface area (Å²) < 4.78 is 6.43. The molecule has 6 aromatic carbocycles. The van der Waals surface area contributed by atoms with E-state index in [0.717, 1.165) is 60.3 Å². The minimum absolute atomic E-state index is 0.593. The lowest BCUT2D eigenvalue weighted by molar-refractivity contribution is 0.671. The summed E-state index contributed by atoms with van der Waals surface area (Å²) in [5, 5.41) is 7.59. The van der Waals surface area contributed by atoms with Crippen LogP contribution in [-0.2, 0) is 0 Å². The molecule has 200 valence electrons. The lowest BCUT2D eigenvalue weighted by Gasteiger charge is -2.12. The van der Waals surface area contributed by atoms with E-state index in [1.165, 1.54) is 10.8 Å². The Morgan fingerprint density at radius 2 is 1.19 bits per heavy atom. The molecule has 5 nitrogen and oxygen atoms in total. The molecule has 0 aliphatic heterocycles. The molecule has 0 aliphatic carbocycles. The van der Waals surface area contributed by atoms with Crippen molar-refractivity contribution in [3.63, 3.8) is 0 Å². The number of pyridine rings is 1. The van der Waals surface area contributed by atoms with E-state index < -0.39 is 0 Å². The highest BCUT2D eigenvalue weighted by Crippen LogP contribution is 2.40. The second-order valence-electron chi connectivity index (χ2n) is 10.7. The molecular formula is C38H22N4O. The van der Waals surface area contributed by atoms with Gasteiger partial charge in [-0.1, -0.05) is 103 Å². The molecule has 3 aromatic heterocycles. The van der Waals surface area contributed by atoms with Gasteiger partial charge < -0.3 is 4.42 Å². The van der Waals surface area contributed by atoms with E-state index in [0.29, 0.717) is 17.5 Å². The SMILES string of the molecule is c1ccc(-c2nc(-c3cc4ccccc4c4ccccc34)nc(-c3cccc4oc5c(ccc6cccnc65)c34)n2)cc1. The van der Waals surface area contributed by atoms with Crippen LogP contribution in [0.25, 0.3) is 88.5 Å². The fraction of sp³-hybridized carbons (Fsp3) is 0. The summed E-state index contributed by atoms with van der Waals surface area (Å²) >= 11 is 0. The minimum Gasteiger partial charge on any atom is -0.454 e. The number of hydrogen-bond donors (Lipinski definition) is 0. The quantitative estimate of drug-likeness (QED) is 0.205. The van der Waals surface area contributed by atoms with E-state index in [-0.39, 0.29) is 0 Å². The largest absolute Gasteiger partial charge is 0.454 e. The van der Waals surface area contributed by atoms with Gasteiger partial charge in [-0.05, 0) is 45.8 Å². The Morgan fingerprint density at radius 3 is 2.07 bits per heavy atom. The van der Waals surface area contributed by atoms with Crippen LogP contribution < -0.4 is 0 Å². The predicted octanol–water partition coefficient (Wildman–Crippen LogP) is 9.63. The second kappa shape index (κ2) is 9.29. The normalized spacial score (nSPS) is 11.7. The Morgan fingerprint density at radius 1 is 0.465 bits per heavy atom. The van der Waals surface area contributed by atoms with Gasteiger partial charge in [-0.2, -0.15) is 0 Å². The van der Waals surface area contributed by atoms with Crippen LogP contribution in [0, 0.1) is 0 Å². The van der Waals surface area contributed by atoms with Crippen LogP contribution in [0.4, 0.5) is 0 Å². The van der Waals surface area contributed by atoms with Gasteiger partial charge in [0.15, 0.2) is 23.1 Å². The van der Waals surface area contributed by atoms with Crippen molar-refractivity contribution in [1.29, 1.82) is 0 Å². The molecule has 0 spiro atoms. The van der Waals surface area contributed by atoms with Gasteiger partial charge in [-0.25, -0.2) is 15.0 Å². The van der Waals surface area contributed by atoms with Crippen molar-refractivity contribution in [2.24, 2.45) is 0 Å². The molecule has 3 heterocycles. The van der Waals surface area contributed by atoms with Crippen molar-refractivity contribution in [3.8, 4) is 34.2 Å². The Balaban J connectivity index is 1.37. The lowest BCUT2D eigenvalue weighted by Crippen LogP contribution is -2.01. The Kier molecular flexibility index (Phi) is 5.13. The third-order valence-corrected chi connectivity index (χ3v) is 8.15. The van der Waals surface area contributed by atoms with Gasteiger partial charge in [0.2, 0.25) is 0 Å². The maximum atomic E-state index is 6.43. The number of rotatable bonds is 3. The third kappa shape index (κ3) is 3.72. The first kappa shape index (κ1) is 23.7. The fourth-order valence-electron chi connectivity index (χ4n) is 6.18. The van der Waals surface area contributed by atoms with Crippen LogP contribution in [0.3, 0.4) is 0 Å². The van der Waals surface area contributed by atoms with Gasteiger partial charge in [0.25, 0.3) is 0 Å². The van der Waals surface area contributed by atoms with E-state index >= 15 is 0 Å². The lowest BCUT2D eigenvalue weighted by atomic mass is 9.96. The zero-order valence-corrected chi connectivity index (χ0v) is 22.9. The molecule has 0 fully saturated rings. The van der Waals surface area contributed by atoms with Crippen LogP contribution in [0.5, 0.6) is 0 Å². The maximum Gasteiger partial charge on any atom is 0.164 e. The molecule has 0 atom stereocenters. The van der Waals surface area contributed by atoms with E-state index in [4.69, 9.17) is 19.4 Å². The molecule has 0 unspecified atom stereocenters. The van der Waals surface area contributed by atoms with E-state index in [1.54, 1.807) is 6.20 Å². The van der Waals surface area contributed by atoms with Crippen molar-refractivity contribution < 1.29 is 4.42 Å². The van der Waals surface area contributed by atoms with Crippen LogP contribution in [-0.4, -0.2) is 19.9 Å². The van der Waals surface area contributed by atoms with Gasteiger partial charge in [-0.3, -0.25) is 4.98 Å². The third-order valence-electron chi connectivity index (χ3n) is 8.15. The summed E-state index contributed by atoms with van der Waals surface area (Å²) in [6, 6.07) is 43.4. The summed E-state index contributed by atoms with van der Waals surface area (Å²) in [6.07, 6.45) is 1.80. The molecule has 0 aliphatic rings. The predicted molar refractivity (Wildman–Crippen MR) is 174 cm³/mol. The maximum absolute atomic E-state index is 6.43. The first-order chi connectivity index (χ1) is 21.3. The van der Waals surface area contributed by atoms with Crippen LogP contribution >= 0.6 is 0 Å². The van der Waals surface area contributed by atoms with Crippen molar-refractivity contribution >= 4 is 54.4 Å². The van der Waals surface area contributed by atoms with E-state index in [2.05, 4.69) is 77.8 Å². The topological polar surface area (TPSA) is 64.7 Å². The minimum atomic E-state index is 0.593. The van der Waals surface area contributed by atoms with Crippen molar-refractivity contribution in [1.82, 2.24) is 19.9 Å². The number of aromatic nitrogens is 4. The molecule has 43 heavy (non-hydrogen) atoms. The second-order valence-corrected chi connectivity index (χ2v) is 10.7. The Hall–Kier alpha value is -5.94. The average molecular weight is 551 g/mol. The Bertz CT molecular complexity index is 2520. The van der Waals surface area contributed by atoms with Crippen LogP contribution in [0.15, 0.2) is 138 Å². The van der Waals surface area contributed by atoms with Gasteiger partial charge in [0, 0.05) is 39.0 Å². The summed E-state index contributed by atoms with van der Waals surface area (Å²) in [4.78, 5) is 19.9. The van der Waals surface area contributed by atoms with E-state index in [1.807, 2.05) is 54.6 Å². The number of nitrogens with zero attached hydrogens (tertiary/aromatic N) is 4. The van der Waals surface area contributed by atoms with Crippen molar-refractivity contribution in [2.45, 2.75) is 0 Å². The molecular weight excluding hydrogens is 528 g/mol. The number of benzene rings is 6. The summed E-state index contributed by atoms with van der Waals surface area (Å²) in [5.74, 6) is 1.84. The molecule has 9 rings (SSSR count). The number of furan rings is 1. The molecule has 0 saturated carbocycles. The molecule has 0 saturated heterocycles. The molecule has 0 N–H and O–H groups in total. The standard InChI is InChI=1S/C38H22N4O/c1-2-10-24(11-3-1)36-40-37(30-17-8-18-32-33(30)29-20-19-23-13-9-21-39-34(23)35(29)43-32)42-38(41-36)31-22-25-12-4-5-14-26(25)27-15-6-7-16-28(27)31/h1-22H. The highest BCUT2D eigenvalue weighted by atomic mass is 16.3. The summed E-state index contributed by atoms with van der Waals surface area (Å²) in [6.45, 7) is 0. The number of fused-ring (bicyclic) bond motifs is 8. The van der Waals surface area contributed by atoms with Crippen LogP contribution in [0.1, 0.15) is 0 Å². The zero-order valence-electron chi connectivity index (χ0n) is 22.9. The summed E-state index contributed by atoms with van der Waals surface area (Å²) in [7, 11) is 0. The molecule has 0 amide bonds. The van der Waals surface area contributed by atoms with Gasteiger partial charge in [0.05, 0.1) is 0 Å². The monoisotopic (exact) mass is 550 g/mol. The van der Waals surface area contributed by atoms with Crippen molar-refractivity contribution in [2.75, 3.05) is 0 Å². The molecule has 0 bridgehead atoms. The van der Waals surface area contributed by atoms with Gasteiger partial charge >= 0.3 is 0 Å². The zero-order chi connectivity index (χ0) is 28.3. The number of hydrogen-bond acceptors (Lipinski definition) is 5. The first-order valence-corrected chi connectivity index (χ1v) is 14.2.